The number of fused-ring (bicyclic) bond motifs is 2. The van der Waals surface area contributed by atoms with E-state index in [2.05, 4.69) is 78.6 Å². The zero-order valence-corrected chi connectivity index (χ0v) is 18.8. The van der Waals surface area contributed by atoms with Gasteiger partial charge in [0.1, 0.15) is 0 Å². The molecule has 1 aromatic rings. The Balaban J connectivity index is 1.73. The summed E-state index contributed by atoms with van der Waals surface area (Å²) in [6.07, 6.45) is 4.05. The average Bonchev–Trinajstić information content (AvgIpc) is 2.91. The Morgan fingerprint density at radius 1 is 1.07 bits per heavy atom. The van der Waals surface area contributed by atoms with E-state index >= 15 is 0 Å². The van der Waals surface area contributed by atoms with Gasteiger partial charge in [-0.15, -0.1) is 0 Å². The highest BCUT2D eigenvalue weighted by Crippen LogP contribution is 2.46. The molecule has 2 bridgehead atoms. The van der Waals surface area contributed by atoms with E-state index in [9.17, 15) is 0 Å². The van der Waals surface area contributed by atoms with Crippen LogP contribution in [-0.4, -0.2) is 73.2 Å². The van der Waals surface area contributed by atoms with Crippen LogP contribution in [0.5, 0.6) is 0 Å². The van der Waals surface area contributed by atoms with Crippen LogP contribution in [-0.2, 0) is 0 Å². The van der Waals surface area contributed by atoms with E-state index < -0.39 is 0 Å². The van der Waals surface area contributed by atoms with Crippen LogP contribution in [0.1, 0.15) is 36.3 Å². The third-order valence-corrected chi connectivity index (χ3v) is 7.14. The first-order valence-corrected chi connectivity index (χ1v) is 11.8. The van der Waals surface area contributed by atoms with Gasteiger partial charge in [-0.05, 0) is 50.6 Å². The molecule has 1 aromatic carbocycles. The molecule has 2 saturated heterocycles. The lowest BCUT2D eigenvalue weighted by Gasteiger charge is -2.45. The van der Waals surface area contributed by atoms with Crippen molar-refractivity contribution in [1.29, 1.82) is 0 Å². The summed E-state index contributed by atoms with van der Waals surface area (Å²) in [7, 11) is 2.36. The smallest absolute Gasteiger partial charge is 0.0142 e. The molecule has 0 aliphatic carbocycles. The van der Waals surface area contributed by atoms with Crippen LogP contribution in [0.15, 0.2) is 24.3 Å². The second-order valence-corrected chi connectivity index (χ2v) is 9.27. The lowest BCUT2D eigenvalue weighted by atomic mass is 9.75. The Morgan fingerprint density at radius 2 is 1.85 bits per heavy atom. The van der Waals surface area contributed by atoms with Crippen molar-refractivity contribution in [2.45, 2.75) is 44.2 Å². The van der Waals surface area contributed by atoms with Crippen molar-refractivity contribution in [3.8, 4) is 0 Å². The number of hydrogen-bond acceptors (Lipinski definition) is 5. The summed E-state index contributed by atoms with van der Waals surface area (Å²) >= 11 is 8.83. The molecule has 0 aromatic heterocycles. The molecule has 0 amide bonds. The minimum absolute atomic E-state index is 0.687. The van der Waals surface area contributed by atoms with Crippen LogP contribution in [0.4, 0.5) is 0 Å². The van der Waals surface area contributed by atoms with Crippen molar-refractivity contribution in [3.05, 3.63) is 35.4 Å². The molecule has 2 aliphatic rings. The van der Waals surface area contributed by atoms with Crippen molar-refractivity contribution in [2.24, 2.45) is 5.92 Å². The number of thiol groups is 2. The molecule has 5 heteroatoms. The van der Waals surface area contributed by atoms with E-state index in [0.29, 0.717) is 11.8 Å². The van der Waals surface area contributed by atoms with Gasteiger partial charge < -0.3 is 15.1 Å². The first-order chi connectivity index (χ1) is 13.1. The molecule has 2 aliphatic heterocycles. The number of aryl methyl sites for hydroxylation is 1. The van der Waals surface area contributed by atoms with Crippen molar-refractivity contribution >= 4 is 25.3 Å². The molecule has 0 spiro atoms. The Labute approximate surface area is 177 Å². The highest BCUT2D eigenvalue weighted by Gasteiger charge is 2.46. The second kappa shape index (κ2) is 10.5. The summed E-state index contributed by atoms with van der Waals surface area (Å²) < 4.78 is 0. The lowest BCUT2D eigenvalue weighted by molar-refractivity contribution is 0.0728. The molecule has 2 fully saturated rings. The molecule has 2 heterocycles. The monoisotopic (exact) mass is 407 g/mol. The lowest BCUT2D eigenvalue weighted by Crippen LogP contribution is -2.50. The van der Waals surface area contributed by atoms with Crippen molar-refractivity contribution in [2.75, 3.05) is 51.3 Å². The van der Waals surface area contributed by atoms with E-state index in [4.69, 9.17) is 0 Å². The van der Waals surface area contributed by atoms with E-state index in [-0.39, 0.29) is 0 Å². The zero-order valence-electron chi connectivity index (χ0n) is 17.0. The number of hydrogen-bond donors (Lipinski definition) is 3. The Hall–Kier alpha value is -0.200. The van der Waals surface area contributed by atoms with E-state index in [0.717, 1.165) is 49.8 Å². The van der Waals surface area contributed by atoms with Crippen molar-refractivity contribution in [1.82, 2.24) is 15.1 Å². The van der Waals surface area contributed by atoms with Gasteiger partial charge in [-0.1, -0.05) is 29.8 Å². The van der Waals surface area contributed by atoms with Gasteiger partial charge in [0.15, 0.2) is 0 Å². The summed E-state index contributed by atoms with van der Waals surface area (Å²) in [4.78, 5) is 5.32. The average molecular weight is 408 g/mol. The summed E-state index contributed by atoms with van der Waals surface area (Å²) in [6, 6.07) is 10.8. The van der Waals surface area contributed by atoms with E-state index in [1.54, 1.807) is 5.56 Å². The van der Waals surface area contributed by atoms with Crippen LogP contribution >= 0.6 is 25.3 Å². The Morgan fingerprint density at radius 3 is 2.56 bits per heavy atom. The minimum Gasteiger partial charge on any atom is -0.315 e. The molecule has 0 radical (unpaired) electrons. The maximum atomic E-state index is 4.53. The normalized spacial score (nSPS) is 28.2. The van der Waals surface area contributed by atoms with Crippen LogP contribution in [0, 0.1) is 12.8 Å². The number of rotatable bonds is 10. The molecule has 1 N–H and O–H groups in total. The Kier molecular flexibility index (Phi) is 8.40. The predicted octanol–water partition coefficient (Wildman–Crippen LogP) is 3.31. The molecule has 27 heavy (non-hydrogen) atoms. The SMILES string of the molecule is Cc1ccc([C@H]2C[C@@H]3CC[C@H]([C@H]2CN(CCS)CCNCCS)N3C)cc1. The fraction of sp³-hybridized carbons (Fsp3) is 0.727. The molecule has 4 atom stereocenters. The highest BCUT2D eigenvalue weighted by atomic mass is 32.1. The first kappa shape index (κ1) is 21.5. The zero-order chi connectivity index (χ0) is 19.2. The standard InChI is InChI=1S/C22H37N3S2/c1-17-3-5-18(6-4-17)20-15-19-7-8-22(24(19)2)21(20)16-25(12-14-27)11-9-23-10-13-26/h3-6,19-23,26-27H,7-16H2,1-2H3/t19-,20+,21-,22+/m0/s1. The summed E-state index contributed by atoms with van der Waals surface area (Å²) in [5, 5.41) is 3.50. The van der Waals surface area contributed by atoms with Gasteiger partial charge in [0.25, 0.3) is 0 Å². The molecular weight excluding hydrogens is 370 g/mol. The summed E-state index contributed by atoms with van der Waals surface area (Å²) in [5.41, 5.74) is 2.91. The molecule has 152 valence electrons. The summed E-state index contributed by atoms with van der Waals surface area (Å²) in [6.45, 7) is 7.57. The van der Waals surface area contributed by atoms with Gasteiger partial charge in [0.05, 0.1) is 0 Å². The van der Waals surface area contributed by atoms with Crippen LogP contribution in [0.2, 0.25) is 0 Å². The highest BCUT2D eigenvalue weighted by molar-refractivity contribution is 7.80. The topological polar surface area (TPSA) is 18.5 Å². The number of benzene rings is 1. The van der Waals surface area contributed by atoms with Gasteiger partial charge in [-0.25, -0.2) is 0 Å². The first-order valence-electron chi connectivity index (χ1n) is 10.6. The molecule has 0 unspecified atom stereocenters. The number of nitrogens with one attached hydrogen (secondary N) is 1. The number of nitrogens with zero attached hydrogens (tertiary/aromatic N) is 2. The number of piperidine rings is 1. The van der Waals surface area contributed by atoms with Crippen LogP contribution in [0.3, 0.4) is 0 Å². The third kappa shape index (κ3) is 5.45. The van der Waals surface area contributed by atoms with Gasteiger partial charge in [0.2, 0.25) is 0 Å². The van der Waals surface area contributed by atoms with Gasteiger partial charge in [0, 0.05) is 56.3 Å². The summed E-state index contributed by atoms with van der Waals surface area (Å²) in [5.74, 6) is 3.23. The van der Waals surface area contributed by atoms with Gasteiger partial charge in [-0.3, -0.25) is 0 Å². The van der Waals surface area contributed by atoms with E-state index in [1.165, 1.54) is 31.4 Å². The maximum Gasteiger partial charge on any atom is 0.0142 e. The molecule has 3 nitrogen and oxygen atoms in total. The van der Waals surface area contributed by atoms with Crippen LogP contribution < -0.4 is 5.32 Å². The fourth-order valence-corrected chi connectivity index (χ4v) is 5.64. The van der Waals surface area contributed by atoms with Crippen molar-refractivity contribution < 1.29 is 0 Å². The minimum atomic E-state index is 0.687. The van der Waals surface area contributed by atoms with Crippen LogP contribution in [0.25, 0.3) is 0 Å². The fourth-order valence-electron chi connectivity index (χ4n) is 5.20. The predicted molar refractivity (Wildman–Crippen MR) is 124 cm³/mol. The maximum absolute atomic E-state index is 4.53. The largest absolute Gasteiger partial charge is 0.315 e. The third-order valence-electron chi connectivity index (χ3n) is 6.72. The van der Waals surface area contributed by atoms with Gasteiger partial charge in [-0.2, -0.15) is 25.3 Å². The second-order valence-electron chi connectivity index (χ2n) is 8.38. The van der Waals surface area contributed by atoms with Gasteiger partial charge >= 0.3 is 0 Å². The molecule has 3 rings (SSSR count). The van der Waals surface area contributed by atoms with E-state index in [1.807, 2.05) is 0 Å². The van der Waals surface area contributed by atoms with Crippen molar-refractivity contribution in [3.63, 3.8) is 0 Å². The Bertz CT molecular complexity index is 565. The quantitative estimate of drug-likeness (QED) is 0.408. The molecule has 0 saturated carbocycles. The molecular formula is C22H37N3S2.